The van der Waals surface area contributed by atoms with Gasteiger partial charge in [0.05, 0.1) is 17.8 Å². The first kappa shape index (κ1) is 18.5. The number of aryl methyl sites for hydroxylation is 2. The number of halogens is 2. The first-order chi connectivity index (χ1) is 12.9. The summed E-state index contributed by atoms with van der Waals surface area (Å²) in [6.45, 7) is 4.63. The zero-order valence-electron chi connectivity index (χ0n) is 14.8. The normalized spacial score (nSPS) is 18.6. The quantitative estimate of drug-likeness (QED) is 0.870. The van der Waals surface area contributed by atoms with Crippen molar-refractivity contribution in [3.8, 4) is 6.07 Å². The summed E-state index contributed by atoms with van der Waals surface area (Å²) in [4.78, 5) is 17.7. The van der Waals surface area contributed by atoms with Gasteiger partial charge in [0.1, 0.15) is 17.7 Å². The van der Waals surface area contributed by atoms with Gasteiger partial charge < -0.3 is 10.2 Å². The number of aromatic nitrogens is 2. The van der Waals surface area contributed by atoms with Crippen LogP contribution in [0, 0.1) is 29.9 Å². The molecule has 1 unspecified atom stereocenters. The Bertz CT molecular complexity index is 943. The fourth-order valence-electron chi connectivity index (χ4n) is 2.75. The molecular formula is C18H17F2N5O2. The summed E-state index contributed by atoms with van der Waals surface area (Å²) in [5.41, 5.74) is -0.0582. The van der Waals surface area contributed by atoms with E-state index < -0.39 is 23.1 Å². The molecule has 0 saturated heterocycles. The van der Waals surface area contributed by atoms with Crippen molar-refractivity contribution in [2.75, 3.05) is 0 Å². The number of hydrogen-bond donors (Lipinski definition) is 1. The topological polar surface area (TPSA) is 92.3 Å². The lowest BCUT2D eigenvalue weighted by Crippen LogP contribution is -2.45. The highest BCUT2D eigenvalue weighted by atomic mass is 19.1. The van der Waals surface area contributed by atoms with E-state index in [1.54, 1.807) is 4.68 Å². The molecular weight excluding hydrogens is 356 g/mol. The van der Waals surface area contributed by atoms with Gasteiger partial charge >= 0.3 is 5.60 Å². The van der Waals surface area contributed by atoms with Gasteiger partial charge in [-0.15, -0.1) is 0 Å². The molecule has 0 aliphatic carbocycles. The van der Waals surface area contributed by atoms with Crippen LogP contribution in [0.2, 0.25) is 0 Å². The Morgan fingerprint density at radius 2 is 2.11 bits per heavy atom. The minimum absolute atomic E-state index is 0.123. The molecule has 1 amide bonds. The average Bonchev–Trinajstić information content (AvgIpc) is 3.23. The van der Waals surface area contributed by atoms with Gasteiger partial charge in [0.2, 0.25) is 0 Å². The summed E-state index contributed by atoms with van der Waals surface area (Å²) < 4.78 is 28.5. The molecule has 7 nitrogen and oxygen atoms in total. The van der Waals surface area contributed by atoms with Crippen molar-refractivity contribution in [3.63, 3.8) is 0 Å². The van der Waals surface area contributed by atoms with Crippen molar-refractivity contribution in [1.29, 1.82) is 5.26 Å². The molecule has 0 saturated carbocycles. The zero-order valence-corrected chi connectivity index (χ0v) is 14.8. The number of oxime groups is 1. The van der Waals surface area contributed by atoms with Crippen LogP contribution in [0.5, 0.6) is 0 Å². The van der Waals surface area contributed by atoms with E-state index in [9.17, 15) is 18.8 Å². The molecule has 0 fully saturated rings. The highest BCUT2D eigenvalue weighted by Crippen LogP contribution is 2.27. The molecule has 0 spiro atoms. The molecule has 3 rings (SSSR count). The van der Waals surface area contributed by atoms with Crippen LogP contribution in [-0.4, -0.2) is 27.0 Å². The Balaban J connectivity index is 1.72. The zero-order chi connectivity index (χ0) is 19.6. The van der Waals surface area contributed by atoms with Crippen molar-refractivity contribution in [3.05, 3.63) is 52.9 Å². The Kier molecular flexibility index (Phi) is 4.90. The second-order valence-electron chi connectivity index (χ2n) is 6.18. The van der Waals surface area contributed by atoms with Crippen LogP contribution >= 0.6 is 0 Å². The molecule has 2 aromatic rings. The van der Waals surface area contributed by atoms with Gasteiger partial charge in [-0.1, -0.05) is 5.16 Å². The van der Waals surface area contributed by atoms with Crippen LogP contribution in [0.25, 0.3) is 0 Å². The van der Waals surface area contributed by atoms with Crippen LogP contribution in [0.3, 0.4) is 0 Å². The Hall–Kier alpha value is -3.28. The minimum Gasteiger partial charge on any atom is -0.363 e. The number of carbonyl (C=O) groups is 1. The van der Waals surface area contributed by atoms with E-state index in [0.29, 0.717) is 6.54 Å². The molecule has 1 N–H and O–H groups in total. The highest BCUT2D eigenvalue weighted by molar-refractivity contribution is 6.06. The molecule has 9 heteroatoms. The summed E-state index contributed by atoms with van der Waals surface area (Å²) >= 11 is 0. The number of hydrogen-bond acceptors (Lipinski definition) is 5. The first-order valence-corrected chi connectivity index (χ1v) is 8.31. The van der Waals surface area contributed by atoms with E-state index >= 15 is 0 Å². The lowest BCUT2D eigenvalue weighted by atomic mass is 9.94. The molecule has 0 bridgehead atoms. The van der Waals surface area contributed by atoms with Crippen molar-refractivity contribution >= 4 is 11.6 Å². The predicted octanol–water partition coefficient (Wildman–Crippen LogP) is 2.19. The number of nitriles is 1. The minimum atomic E-state index is -1.88. The van der Waals surface area contributed by atoms with Crippen molar-refractivity contribution in [2.45, 2.75) is 39.0 Å². The maximum Gasteiger partial charge on any atom is 0.304 e. The Labute approximate surface area is 154 Å². The van der Waals surface area contributed by atoms with Gasteiger partial charge in [0, 0.05) is 36.5 Å². The summed E-state index contributed by atoms with van der Waals surface area (Å²) in [7, 11) is 0. The first-order valence-electron chi connectivity index (χ1n) is 8.31. The monoisotopic (exact) mass is 373 g/mol. The molecule has 1 atom stereocenters. The summed E-state index contributed by atoms with van der Waals surface area (Å²) in [6.07, 6.45) is 1.59. The molecule has 27 heavy (non-hydrogen) atoms. The third-order valence-corrected chi connectivity index (χ3v) is 4.28. The maximum absolute atomic E-state index is 13.4. The second-order valence-corrected chi connectivity index (χ2v) is 6.18. The van der Waals surface area contributed by atoms with Crippen LogP contribution in [0.4, 0.5) is 8.78 Å². The predicted molar refractivity (Wildman–Crippen MR) is 91.4 cm³/mol. The van der Waals surface area contributed by atoms with Gasteiger partial charge in [0.15, 0.2) is 0 Å². The van der Waals surface area contributed by atoms with Crippen molar-refractivity contribution in [2.24, 2.45) is 5.16 Å². The van der Waals surface area contributed by atoms with E-state index in [-0.39, 0.29) is 24.2 Å². The molecule has 1 aromatic carbocycles. The molecule has 2 heterocycles. The van der Waals surface area contributed by atoms with Gasteiger partial charge in [-0.2, -0.15) is 10.4 Å². The molecule has 1 aromatic heterocycles. The largest absolute Gasteiger partial charge is 0.363 e. The number of amides is 1. The van der Waals surface area contributed by atoms with Gasteiger partial charge in [-0.25, -0.2) is 8.78 Å². The smallest absolute Gasteiger partial charge is 0.304 e. The SMILES string of the molecule is CCn1cc(CNC(=O)C2(C#N)CC(c3cc(F)cc(F)c3)=NO2)c(C)n1. The van der Waals surface area contributed by atoms with Crippen molar-refractivity contribution in [1.82, 2.24) is 15.1 Å². The van der Waals surface area contributed by atoms with E-state index in [4.69, 9.17) is 4.84 Å². The van der Waals surface area contributed by atoms with Crippen molar-refractivity contribution < 1.29 is 18.4 Å². The average molecular weight is 373 g/mol. The maximum atomic E-state index is 13.4. The number of carbonyl (C=O) groups excluding carboxylic acids is 1. The Morgan fingerprint density at radius 3 is 2.70 bits per heavy atom. The molecule has 0 radical (unpaired) electrons. The van der Waals surface area contributed by atoms with E-state index in [0.717, 1.165) is 29.5 Å². The third kappa shape index (κ3) is 3.65. The van der Waals surface area contributed by atoms with Crippen LogP contribution in [0.15, 0.2) is 29.6 Å². The summed E-state index contributed by atoms with van der Waals surface area (Å²) in [5, 5.41) is 20.1. The van der Waals surface area contributed by atoms with Crippen LogP contribution in [0.1, 0.15) is 30.2 Å². The number of nitrogens with zero attached hydrogens (tertiary/aromatic N) is 4. The fourth-order valence-corrected chi connectivity index (χ4v) is 2.75. The van der Waals surface area contributed by atoms with Gasteiger partial charge in [0.25, 0.3) is 5.91 Å². The van der Waals surface area contributed by atoms with Crippen LogP contribution < -0.4 is 5.32 Å². The number of nitrogens with one attached hydrogen (secondary N) is 1. The van der Waals surface area contributed by atoms with Crippen LogP contribution in [-0.2, 0) is 22.7 Å². The molecule has 1 aliphatic rings. The summed E-state index contributed by atoms with van der Waals surface area (Å²) in [6, 6.07) is 4.68. The Morgan fingerprint density at radius 1 is 1.41 bits per heavy atom. The third-order valence-electron chi connectivity index (χ3n) is 4.28. The highest BCUT2D eigenvalue weighted by Gasteiger charge is 2.47. The fraction of sp³-hybridized carbons (Fsp3) is 0.333. The molecule has 1 aliphatic heterocycles. The van der Waals surface area contributed by atoms with Gasteiger partial charge in [-0.3, -0.25) is 9.48 Å². The second kappa shape index (κ2) is 7.15. The van der Waals surface area contributed by atoms with E-state index in [1.165, 1.54) is 0 Å². The molecule has 140 valence electrons. The van der Waals surface area contributed by atoms with E-state index in [2.05, 4.69) is 15.6 Å². The van der Waals surface area contributed by atoms with E-state index in [1.807, 2.05) is 26.1 Å². The number of benzene rings is 1. The standard InChI is InChI=1S/C18H17F2N5O2/c1-3-25-9-13(11(2)23-25)8-22-17(26)18(10-21)7-16(24-27-18)12-4-14(19)6-15(20)5-12/h4-6,9H,3,7-8H2,1-2H3,(H,22,26). The summed E-state index contributed by atoms with van der Waals surface area (Å²) in [5.74, 6) is -2.24. The van der Waals surface area contributed by atoms with Gasteiger partial charge in [-0.05, 0) is 26.0 Å². The number of rotatable bonds is 5. The lowest BCUT2D eigenvalue weighted by molar-refractivity contribution is -0.137. The lowest BCUT2D eigenvalue weighted by Gasteiger charge is -2.17.